The Morgan fingerprint density at radius 1 is 0.644 bits per heavy atom. The second-order valence-electron chi connectivity index (χ2n) is 16.1. The Morgan fingerprint density at radius 3 is 1.56 bits per heavy atom. The molecule has 4 aromatic rings. The summed E-state index contributed by atoms with van der Waals surface area (Å²) in [5.41, 5.74) is 16.4. The standard InChI is InChI=1S/C21H29ClN6OS.C21H29ClN6S/c1-14(2)18(13-23)24-20-19-17(7-12-30(19)29)25-21(26-20)28-10-8-27(9-11-28)16-5-3-15(22)4-6-16;1-14(2)18(13-23)24-20-19-17(7-12-29-19)25-21(26-20)28-10-8-27(9-11-28)16-5-3-15(22)4-6-16/h3-6,14,18H,7-13,23H2,1-2H3,(H,24,25,26);3-6,14,18H,7-13,23H2,1-2H3,(H,24,25,26)/t18-,30?;18-/m00/s1. The van der Waals surface area contributed by atoms with E-state index in [1.165, 1.54) is 22.0 Å². The monoisotopic (exact) mass is 880 g/mol. The molecule has 0 bridgehead atoms. The number of nitrogens with one attached hydrogen (secondary N) is 2. The van der Waals surface area contributed by atoms with Crippen molar-refractivity contribution < 1.29 is 4.21 Å². The summed E-state index contributed by atoms with van der Waals surface area (Å²) in [7, 11) is -1.05. The Morgan fingerprint density at radius 2 is 1.08 bits per heavy atom. The molecule has 3 atom stereocenters. The lowest BCUT2D eigenvalue weighted by molar-refractivity contribution is 0.528. The van der Waals surface area contributed by atoms with Gasteiger partial charge >= 0.3 is 0 Å². The van der Waals surface area contributed by atoms with Gasteiger partial charge in [-0.3, -0.25) is 4.21 Å². The van der Waals surface area contributed by atoms with E-state index in [2.05, 4.69) is 82.2 Å². The molecule has 13 nitrogen and oxygen atoms in total. The molecule has 0 aliphatic carbocycles. The third kappa shape index (κ3) is 10.5. The summed E-state index contributed by atoms with van der Waals surface area (Å²) in [5, 5.41) is 8.58. The van der Waals surface area contributed by atoms with E-state index >= 15 is 0 Å². The van der Waals surface area contributed by atoms with Crippen molar-refractivity contribution >= 4 is 80.7 Å². The second kappa shape index (κ2) is 19.9. The summed E-state index contributed by atoms with van der Waals surface area (Å²) >= 11 is 13.9. The van der Waals surface area contributed by atoms with E-state index < -0.39 is 10.8 Å². The van der Waals surface area contributed by atoms with Crippen LogP contribution in [-0.4, -0.2) is 113 Å². The van der Waals surface area contributed by atoms with E-state index in [-0.39, 0.29) is 12.1 Å². The highest BCUT2D eigenvalue weighted by Gasteiger charge is 2.30. The summed E-state index contributed by atoms with van der Waals surface area (Å²) in [6.07, 6.45) is 1.73. The van der Waals surface area contributed by atoms with E-state index in [9.17, 15) is 4.21 Å². The fraction of sp³-hybridized carbons (Fsp3) is 0.524. The molecule has 0 spiro atoms. The van der Waals surface area contributed by atoms with E-state index in [0.717, 1.165) is 103 Å². The number of fused-ring (bicyclic) bond motifs is 2. The summed E-state index contributed by atoms with van der Waals surface area (Å²) in [6.45, 7) is 16.8. The van der Waals surface area contributed by atoms with Gasteiger partial charge in [-0.1, -0.05) is 50.9 Å². The minimum atomic E-state index is -1.05. The lowest BCUT2D eigenvalue weighted by atomic mass is 10.0. The minimum Gasteiger partial charge on any atom is -0.368 e. The zero-order valence-electron chi connectivity index (χ0n) is 34.5. The molecule has 4 aliphatic heterocycles. The molecule has 2 aromatic heterocycles. The molecule has 6 heterocycles. The molecule has 2 fully saturated rings. The maximum atomic E-state index is 12.6. The average Bonchev–Trinajstić information content (AvgIpc) is 3.89. The third-order valence-electron chi connectivity index (χ3n) is 11.5. The van der Waals surface area contributed by atoms with Crippen molar-refractivity contribution in [2.45, 2.75) is 62.4 Å². The van der Waals surface area contributed by atoms with Crippen molar-refractivity contribution in [1.29, 1.82) is 0 Å². The molecule has 8 rings (SSSR count). The number of hydrogen-bond donors (Lipinski definition) is 4. The Balaban J connectivity index is 0.000000179. The van der Waals surface area contributed by atoms with Crippen molar-refractivity contribution in [2.24, 2.45) is 23.3 Å². The van der Waals surface area contributed by atoms with Crippen molar-refractivity contribution in [3.05, 3.63) is 70.0 Å². The largest absolute Gasteiger partial charge is 0.368 e. The van der Waals surface area contributed by atoms with Gasteiger partial charge in [-0.05, 0) is 60.4 Å². The molecule has 4 aliphatic rings. The maximum absolute atomic E-state index is 12.6. The summed E-state index contributed by atoms with van der Waals surface area (Å²) in [4.78, 5) is 30.7. The van der Waals surface area contributed by atoms with Gasteiger partial charge in [0.05, 0.1) is 27.1 Å². The second-order valence-corrected chi connectivity index (χ2v) is 19.5. The molecule has 2 aromatic carbocycles. The van der Waals surface area contributed by atoms with Crippen molar-refractivity contribution in [3.8, 4) is 0 Å². The first-order chi connectivity index (χ1) is 28.5. The van der Waals surface area contributed by atoms with E-state index in [4.69, 9.17) is 54.6 Å². The van der Waals surface area contributed by atoms with Gasteiger partial charge in [0.25, 0.3) is 0 Å². The van der Waals surface area contributed by atoms with Crippen molar-refractivity contribution in [1.82, 2.24) is 19.9 Å². The third-order valence-corrected chi connectivity index (χ3v) is 14.5. The zero-order valence-corrected chi connectivity index (χ0v) is 37.7. The Bertz CT molecular complexity index is 2040. The molecule has 0 radical (unpaired) electrons. The number of nitrogens with zero attached hydrogens (tertiary/aromatic N) is 8. The number of aromatic nitrogens is 4. The highest BCUT2D eigenvalue weighted by molar-refractivity contribution is 7.99. The Hall–Kier alpha value is -3.60. The number of anilines is 6. The van der Waals surface area contributed by atoms with Gasteiger partial charge in [0.15, 0.2) is 0 Å². The van der Waals surface area contributed by atoms with E-state index in [1.54, 1.807) is 0 Å². The van der Waals surface area contributed by atoms with Gasteiger partial charge in [0.1, 0.15) is 16.5 Å². The van der Waals surface area contributed by atoms with Crippen LogP contribution in [0.5, 0.6) is 0 Å². The van der Waals surface area contributed by atoms with Gasteiger partial charge in [-0.2, -0.15) is 9.97 Å². The predicted molar refractivity (Wildman–Crippen MR) is 248 cm³/mol. The van der Waals surface area contributed by atoms with Gasteiger partial charge in [0, 0.05) is 123 Å². The molecule has 0 saturated carbocycles. The Kier molecular flexibility index (Phi) is 14.6. The smallest absolute Gasteiger partial charge is 0.227 e. The normalized spacial score (nSPS) is 18.7. The maximum Gasteiger partial charge on any atom is 0.227 e. The van der Waals surface area contributed by atoms with Crippen LogP contribution >= 0.6 is 35.0 Å². The van der Waals surface area contributed by atoms with Crippen LogP contribution in [0.25, 0.3) is 0 Å². The first-order valence-electron chi connectivity index (χ1n) is 20.8. The van der Waals surface area contributed by atoms with Crippen LogP contribution in [0.15, 0.2) is 58.3 Å². The highest BCUT2D eigenvalue weighted by Crippen LogP contribution is 2.38. The van der Waals surface area contributed by atoms with Crippen LogP contribution < -0.4 is 41.7 Å². The number of aryl methyl sites for hydroxylation is 2. The Labute approximate surface area is 365 Å². The zero-order chi connectivity index (χ0) is 41.6. The predicted octanol–water partition coefficient (Wildman–Crippen LogP) is 6.02. The van der Waals surface area contributed by atoms with Crippen LogP contribution in [-0.2, 0) is 23.6 Å². The molecule has 6 N–H and O–H groups in total. The summed E-state index contributed by atoms with van der Waals surface area (Å²) in [6, 6.07) is 16.3. The molecule has 318 valence electrons. The van der Waals surface area contributed by atoms with Crippen LogP contribution in [0.4, 0.5) is 34.9 Å². The summed E-state index contributed by atoms with van der Waals surface area (Å²) in [5.74, 6) is 5.68. The molecular formula is C42H58Cl2N12OS2. The number of hydrogen-bond acceptors (Lipinski definition) is 14. The van der Waals surface area contributed by atoms with E-state index in [1.807, 2.05) is 36.0 Å². The average molecular weight is 882 g/mol. The number of benzene rings is 2. The van der Waals surface area contributed by atoms with Gasteiger partial charge in [-0.25, -0.2) is 9.97 Å². The van der Waals surface area contributed by atoms with Crippen LogP contribution in [0.3, 0.4) is 0 Å². The first-order valence-corrected chi connectivity index (χ1v) is 23.8. The van der Waals surface area contributed by atoms with Gasteiger partial charge in [-0.15, -0.1) is 11.8 Å². The van der Waals surface area contributed by atoms with Gasteiger partial charge < -0.3 is 41.7 Å². The number of thioether (sulfide) groups is 1. The molecule has 59 heavy (non-hydrogen) atoms. The fourth-order valence-electron chi connectivity index (χ4n) is 7.70. The molecule has 1 unspecified atom stereocenters. The van der Waals surface area contributed by atoms with E-state index in [0.29, 0.717) is 42.4 Å². The molecule has 0 amide bonds. The number of rotatable bonds is 12. The first kappa shape index (κ1) is 43.5. The fourth-order valence-corrected chi connectivity index (χ4v) is 10.3. The molecular weight excluding hydrogens is 824 g/mol. The van der Waals surface area contributed by atoms with Gasteiger partial charge in [0.2, 0.25) is 11.9 Å². The molecule has 17 heteroatoms. The lowest BCUT2D eigenvalue weighted by Gasteiger charge is -2.36. The topological polar surface area (TPSA) is 158 Å². The van der Waals surface area contributed by atoms with Crippen LogP contribution in [0.1, 0.15) is 39.1 Å². The van der Waals surface area contributed by atoms with Crippen LogP contribution in [0, 0.1) is 11.8 Å². The van der Waals surface area contributed by atoms with Crippen LogP contribution in [0.2, 0.25) is 10.0 Å². The SMILES string of the molecule is CC(C)[C@H](CN)Nc1nc(N2CCN(c3ccc(Cl)cc3)CC2)nc2c1S(=O)CC2.CC(C)[C@H](CN)Nc1nc(N2CCN(c3ccc(Cl)cc3)CC2)nc2c1SCC2. The number of piperazine rings is 2. The highest BCUT2D eigenvalue weighted by atomic mass is 35.5. The minimum absolute atomic E-state index is 0.0798. The quantitative estimate of drug-likeness (QED) is 0.131. The molecule has 2 saturated heterocycles. The number of halogens is 2. The number of nitrogens with two attached hydrogens (primary N) is 2. The lowest BCUT2D eigenvalue weighted by Crippen LogP contribution is -2.47. The summed E-state index contributed by atoms with van der Waals surface area (Å²) < 4.78 is 12.6. The van der Waals surface area contributed by atoms with Crippen molar-refractivity contribution in [2.75, 3.05) is 107 Å². The van der Waals surface area contributed by atoms with Crippen molar-refractivity contribution in [3.63, 3.8) is 0 Å².